The number of likely N-dealkylation sites (N-methyl/N-ethyl adjacent to an activating group) is 1. The Morgan fingerprint density at radius 3 is 2.63 bits per heavy atom. The van der Waals surface area contributed by atoms with E-state index in [1.54, 1.807) is 24.1 Å². The first-order valence-electron chi connectivity index (χ1n) is 14.9. The number of benzene rings is 3. The zero-order valence-corrected chi connectivity index (χ0v) is 24.2. The number of hydrogen-bond donors (Lipinski definition) is 2. The number of carbonyl (C=O) groups excluding carboxylic acids is 1. The van der Waals surface area contributed by atoms with E-state index < -0.39 is 22.8 Å². The van der Waals surface area contributed by atoms with E-state index in [2.05, 4.69) is 17.0 Å². The van der Waals surface area contributed by atoms with Crippen molar-refractivity contribution in [1.29, 1.82) is 0 Å². The molecule has 3 aliphatic rings. The normalized spacial score (nSPS) is 27.0. The summed E-state index contributed by atoms with van der Waals surface area (Å²) in [5.74, 6) is -0.135. The maximum atomic E-state index is 13.3. The number of piperidine rings is 1. The van der Waals surface area contributed by atoms with Crippen molar-refractivity contribution in [3.8, 4) is 5.75 Å². The van der Waals surface area contributed by atoms with Crippen LogP contribution in [0, 0.1) is 0 Å². The lowest BCUT2D eigenvalue weighted by atomic mass is 9.48. The average Bonchev–Trinajstić information content (AvgIpc) is 2.99. The molecular formula is C35H37F3N2O3. The summed E-state index contributed by atoms with van der Waals surface area (Å²) in [5.41, 5.74) is 1.25. The molecule has 0 spiro atoms. The molecule has 3 aromatic rings. The van der Waals surface area contributed by atoms with Gasteiger partial charge in [0.05, 0.1) is 11.2 Å². The van der Waals surface area contributed by atoms with Crippen molar-refractivity contribution in [2.45, 2.75) is 67.8 Å². The largest absolute Gasteiger partial charge is 0.508 e. The third kappa shape index (κ3) is 5.36. The highest BCUT2D eigenvalue weighted by molar-refractivity contribution is 5.91. The van der Waals surface area contributed by atoms with Gasteiger partial charge in [-0.2, -0.15) is 13.2 Å². The van der Waals surface area contributed by atoms with Gasteiger partial charge >= 0.3 is 6.18 Å². The fourth-order valence-corrected chi connectivity index (χ4v) is 7.87. The van der Waals surface area contributed by atoms with Crippen molar-refractivity contribution in [3.05, 3.63) is 107 Å². The Hall–Kier alpha value is -3.62. The number of alkyl halides is 3. The zero-order chi connectivity index (χ0) is 30.4. The van der Waals surface area contributed by atoms with Crippen LogP contribution in [0.5, 0.6) is 5.75 Å². The Bertz CT molecular complexity index is 1520. The predicted molar refractivity (Wildman–Crippen MR) is 159 cm³/mol. The number of halogens is 3. The lowest BCUT2D eigenvalue weighted by Gasteiger charge is -2.65. The second-order valence-electron chi connectivity index (χ2n) is 12.4. The van der Waals surface area contributed by atoms with Gasteiger partial charge in [-0.05, 0) is 97.7 Å². The van der Waals surface area contributed by atoms with Crippen LogP contribution in [0.1, 0.15) is 53.5 Å². The predicted octanol–water partition coefficient (Wildman–Crippen LogP) is 5.98. The first kappa shape index (κ1) is 29.5. The Kier molecular flexibility index (Phi) is 7.63. The Morgan fingerprint density at radius 2 is 1.86 bits per heavy atom. The van der Waals surface area contributed by atoms with Crippen molar-refractivity contribution in [3.63, 3.8) is 0 Å². The number of amides is 1. The SMILES string of the molecule is CN(C(=O)C=Cc1cccc(C(F)(F)F)c1)[C@H]1CC[C@@]2(O)[C@H]3Cc4ccc(O)cc4[C@@]2(CCN3CCc2ccccc2)C1. The summed E-state index contributed by atoms with van der Waals surface area (Å²) in [6.07, 6.45) is 2.23. The number of aromatic hydroxyl groups is 1. The van der Waals surface area contributed by atoms with Gasteiger partial charge in [0.15, 0.2) is 0 Å². The van der Waals surface area contributed by atoms with Gasteiger partial charge in [0, 0.05) is 37.2 Å². The Balaban J connectivity index is 1.25. The van der Waals surface area contributed by atoms with Crippen molar-refractivity contribution in [2.24, 2.45) is 0 Å². The van der Waals surface area contributed by atoms with E-state index in [1.807, 2.05) is 24.3 Å². The second-order valence-corrected chi connectivity index (χ2v) is 12.4. The molecule has 0 unspecified atom stereocenters. The molecule has 1 aliphatic heterocycles. The molecule has 226 valence electrons. The minimum Gasteiger partial charge on any atom is -0.508 e. The number of carbonyl (C=O) groups is 1. The average molecular weight is 591 g/mol. The summed E-state index contributed by atoms with van der Waals surface area (Å²) >= 11 is 0. The molecule has 1 saturated carbocycles. The minimum atomic E-state index is -4.46. The van der Waals surface area contributed by atoms with Crippen LogP contribution in [0.4, 0.5) is 13.2 Å². The smallest absolute Gasteiger partial charge is 0.416 e. The first-order valence-corrected chi connectivity index (χ1v) is 14.9. The van der Waals surface area contributed by atoms with Crippen molar-refractivity contribution < 1.29 is 28.2 Å². The third-order valence-electron chi connectivity index (χ3n) is 10.2. The monoisotopic (exact) mass is 590 g/mol. The summed E-state index contributed by atoms with van der Waals surface area (Å²) < 4.78 is 39.4. The number of rotatable bonds is 6. The van der Waals surface area contributed by atoms with Crippen LogP contribution in [0.25, 0.3) is 6.08 Å². The Morgan fingerprint density at radius 1 is 1.07 bits per heavy atom. The van der Waals surface area contributed by atoms with Gasteiger partial charge in [0.2, 0.25) is 5.91 Å². The third-order valence-corrected chi connectivity index (χ3v) is 10.2. The Labute approximate surface area is 250 Å². The fraction of sp³-hybridized carbons (Fsp3) is 0.400. The molecule has 3 aromatic carbocycles. The minimum absolute atomic E-state index is 0.0789. The van der Waals surface area contributed by atoms with E-state index in [1.165, 1.54) is 29.8 Å². The van der Waals surface area contributed by atoms with Crippen LogP contribution in [0.2, 0.25) is 0 Å². The highest BCUT2D eigenvalue weighted by Gasteiger charge is 2.64. The van der Waals surface area contributed by atoms with E-state index in [-0.39, 0.29) is 23.7 Å². The van der Waals surface area contributed by atoms with Crippen molar-refractivity contribution in [1.82, 2.24) is 9.80 Å². The van der Waals surface area contributed by atoms with Crippen molar-refractivity contribution in [2.75, 3.05) is 20.1 Å². The summed E-state index contributed by atoms with van der Waals surface area (Å²) in [6, 6.07) is 20.5. The van der Waals surface area contributed by atoms with Gasteiger partial charge in [-0.1, -0.05) is 48.5 Å². The lowest BCUT2D eigenvalue weighted by molar-refractivity contribution is -0.176. The van der Waals surface area contributed by atoms with Gasteiger partial charge in [-0.3, -0.25) is 9.69 Å². The van der Waals surface area contributed by atoms with Gasteiger partial charge in [0.25, 0.3) is 0 Å². The molecule has 8 heteroatoms. The second kappa shape index (κ2) is 11.1. The number of phenols is 1. The van der Waals surface area contributed by atoms with Gasteiger partial charge in [-0.15, -0.1) is 0 Å². The van der Waals surface area contributed by atoms with E-state index in [0.717, 1.165) is 42.8 Å². The molecule has 4 atom stereocenters. The van der Waals surface area contributed by atoms with E-state index in [4.69, 9.17) is 0 Å². The number of nitrogens with zero attached hydrogens (tertiary/aromatic N) is 2. The van der Waals surface area contributed by atoms with E-state index >= 15 is 0 Å². The topological polar surface area (TPSA) is 64.0 Å². The number of likely N-dealkylation sites (tertiary alicyclic amines) is 1. The molecule has 6 rings (SSSR count). The molecule has 1 amide bonds. The molecule has 2 aliphatic carbocycles. The zero-order valence-electron chi connectivity index (χ0n) is 24.2. The van der Waals surface area contributed by atoms with Crippen molar-refractivity contribution >= 4 is 12.0 Å². The summed E-state index contributed by atoms with van der Waals surface area (Å²) in [6.45, 7) is 1.64. The molecule has 0 aromatic heterocycles. The van der Waals surface area contributed by atoms with Gasteiger partial charge < -0.3 is 15.1 Å². The van der Waals surface area contributed by atoms with Crippen LogP contribution >= 0.6 is 0 Å². The van der Waals surface area contributed by atoms with Crippen LogP contribution in [-0.4, -0.2) is 63.7 Å². The standard InChI is InChI=1S/C35H37F3N2O3/c1-39(32(42)13-10-25-8-5-9-27(20-25)35(36,37)38)28-14-16-34(43)31-21-26-11-12-29(41)22-30(26)33(34,23-28)17-19-40(31)18-15-24-6-3-2-4-7-24/h2-13,20,22,28,31,41,43H,14-19,21,23H2,1H3/t28-,31+,33+,34+/m0/s1. The van der Waals surface area contributed by atoms with Crippen LogP contribution in [-0.2, 0) is 29.2 Å². The number of phenolic OH excluding ortho intramolecular Hbond substituents is 1. The highest BCUT2D eigenvalue weighted by atomic mass is 19.4. The first-order chi connectivity index (χ1) is 20.5. The van der Waals surface area contributed by atoms with Crippen LogP contribution in [0.3, 0.4) is 0 Å². The van der Waals surface area contributed by atoms with Crippen LogP contribution in [0.15, 0.2) is 78.9 Å². The molecule has 2 N–H and O–H groups in total. The maximum Gasteiger partial charge on any atom is 0.416 e. The quantitative estimate of drug-likeness (QED) is 0.347. The molecule has 1 heterocycles. The molecule has 1 saturated heterocycles. The molecule has 0 radical (unpaired) electrons. The number of hydrogen-bond acceptors (Lipinski definition) is 4. The van der Waals surface area contributed by atoms with Crippen LogP contribution < -0.4 is 0 Å². The van der Waals surface area contributed by atoms with Gasteiger partial charge in [0.1, 0.15) is 5.75 Å². The van der Waals surface area contributed by atoms with Gasteiger partial charge in [-0.25, -0.2) is 0 Å². The fourth-order valence-electron chi connectivity index (χ4n) is 7.87. The molecule has 5 nitrogen and oxygen atoms in total. The van der Waals surface area contributed by atoms with E-state index in [0.29, 0.717) is 37.7 Å². The lowest BCUT2D eigenvalue weighted by Crippen LogP contribution is -2.74. The maximum absolute atomic E-state index is 13.3. The molecule has 2 fully saturated rings. The van der Waals surface area contributed by atoms with E-state index in [9.17, 15) is 28.2 Å². The highest BCUT2D eigenvalue weighted by Crippen LogP contribution is 2.59. The number of fused-ring (bicyclic) bond motifs is 1. The molecule has 2 bridgehead atoms. The molecule has 43 heavy (non-hydrogen) atoms. The number of aliphatic hydroxyl groups is 1. The summed E-state index contributed by atoms with van der Waals surface area (Å²) in [5, 5.41) is 23.1. The summed E-state index contributed by atoms with van der Waals surface area (Å²) in [7, 11) is 1.73. The molecular weight excluding hydrogens is 553 g/mol. The summed E-state index contributed by atoms with van der Waals surface area (Å²) in [4.78, 5) is 17.4.